The molecule has 0 bridgehead atoms. The first-order valence-electron chi connectivity index (χ1n) is 6.13. The van der Waals surface area contributed by atoms with Crippen LogP contribution in [0.25, 0.3) is 0 Å². The second kappa shape index (κ2) is 6.91. The lowest BCUT2D eigenvalue weighted by Crippen LogP contribution is -1.87. The molecule has 2 rings (SSSR count). The van der Waals surface area contributed by atoms with Gasteiger partial charge in [0.25, 0.3) is 0 Å². The van der Waals surface area contributed by atoms with E-state index >= 15 is 0 Å². The van der Waals surface area contributed by atoms with Crippen LogP contribution in [0.1, 0.15) is 11.1 Å². The maximum Gasteiger partial charge on any atom is 0.0104 e. The van der Waals surface area contributed by atoms with Gasteiger partial charge in [-0.2, -0.15) is 0 Å². The van der Waals surface area contributed by atoms with E-state index in [4.69, 9.17) is 0 Å². The maximum atomic E-state index is 2.28. The molecule has 94 valence electrons. The predicted molar refractivity (Wildman–Crippen MR) is 83.8 cm³/mol. The summed E-state index contributed by atoms with van der Waals surface area (Å²) in [6, 6.07) is 17.3. The van der Waals surface area contributed by atoms with E-state index in [1.54, 1.807) is 0 Å². The molecule has 18 heavy (non-hydrogen) atoms. The molecule has 0 atom stereocenters. The number of hydrogen-bond acceptors (Lipinski definition) is 2. The molecular weight excluding hydrogens is 256 g/mol. The Morgan fingerprint density at radius 1 is 0.833 bits per heavy atom. The highest BCUT2D eigenvalue weighted by atomic mass is 32.2. The van der Waals surface area contributed by atoms with Gasteiger partial charge in [0.1, 0.15) is 0 Å². The fraction of sp³-hybridized carbons (Fsp3) is 0.250. The van der Waals surface area contributed by atoms with Crippen LogP contribution >= 0.6 is 23.5 Å². The Morgan fingerprint density at radius 2 is 1.56 bits per heavy atom. The Balaban J connectivity index is 1.80. The third-order valence-corrected chi connectivity index (χ3v) is 5.13. The van der Waals surface area contributed by atoms with Crippen molar-refractivity contribution in [1.82, 2.24) is 0 Å². The molecule has 0 aliphatic heterocycles. The van der Waals surface area contributed by atoms with Crippen LogP contribution in [0.2, 0.25) is 0 Å². The summed E-state index contributed by atoms with van der Waals surface area (Å²) in [6.45, 7) is 4.34. The van der Waals surface area contributed by atoms with Gasteiger partial charge in [-0.1, -0.05) is 35.9 Å². The average molecular weight is 274 g/mol. The molecular formula is C16H18S2. The van der Waals surface area contributed by atoms with Gasteiger partial charge in [0.05, 0.1) is 0 Å². The van der Waals surface area contributed by atoms with Crippen molar-refractivity contribution < 1.29 is 0 Å². The molecule has 0 aliphatic rings. The quantitative estimate of drug-likeness (QED) is 0.544. The van der Waals surface area contributed by atoms with Crippen molar-refractivity contribution >= 4 is 23.5 Å². The smallest absolute Gasteiger partial charge is 0.0104 e. The molecule has 0 aliphatic carbocycles. The van der Waals surface area contributed by atoms with Gasteiger partial charge < -0.3 is 0 Å². The minimum absolute atomic E-state index is 1.15. The van der Waals surface area contributed by atoms with Crippen molar-refractivity contribution in [3.8, 4) is 0 Å². The lowest BCUT2D eigenvalue weighted by Gasteiger charge is -2.06. The summed E-state index contributed by atoms with van der Waals surface area (Å²) in [6.07, 6.45) is 0. The Labute approximate surface area is 118 Å². The molecule has 0 saturated carbocycles. The van der Waals surface area contributed by atoms with Crippen molar-refractivity contribution in [2.45, 2.75) is 23.6 Å². The largest absolute Gasteiger partial charge is 0.125 e. The van der Waals surface area contributed by atoms with Crippen molar-refractivity contribution in [3.63, 3.8) is 0 Å². The fourth-order valence-electron chi connectivity index (χ4n) is 1.69. The summed E-state index contributed by atoms with van der Waals surface area (Å²) in [7, 11) is 0. The van der Waals surface area contributed by atoms with E-state index < -0.39 is 0 Å². The van der Waals surface area contributed by atoms with Gasteiger partial charge in [0.2, 0.25) is 0 Å². The van der Waals surface area contributed by atoms with Crippen LogP contribution < -0.4 is 0 Å². The average Bonchev–Trinajstić information content (AvgIpc) is 2.40. The lowest BCUT2D eigenvalue weighted by molar-refractivity contribution is 1.26. The van der Waals surface area contributed by atoms with Crippen molar-refractivity contribution in [1.29, 1.82) is 0 Å². The second-order valence-corrected chi connectivity index (χ2v) is 6.58. The third kappa shape index (κ3) is 4.11. The standard InChI is InChI=1S/C16H18S2/c1-13-8-9-14(2)16(12-13)18-11-10-17-15-6-4-3-5-7-15/h3-9,12H,10-11H2,1-2H3. The van der Waals surface area contributed by atoms with E-state index in [-0.39, 0.29) is 0 Å². The zero-order chi connectivity index (χ0) is 12.8. The lowest BCUT2D eigenvalue weighted by atomic mass is 10.2. The molecule has 0 heterocycles. The molecule has 0 radical (unpaired) electrons. The van der Waals surface area contributed by atoms with Crippen molar-refractivity contribution in [2.75, 3.05) is 11.5 Å². The van der Waals surface area contributed by atoms with Crippen LogP contribution in [0.5, 0.6) is 0 Å². The molecule has 0 nitrogen and oxygen atoms in total. The van der Waals surface area contributed by atoms with E-state index in [1.165, 1.54) is 20.9 Å². The Morgan fingerprint density at radius 3 is 2.33 bits per heavy atom. The van der Waals surface area contributed by atoms with Crippen LogP contribution in [0.4, 0.5) is 0 Å². The highest BCUT2D eigenvalue weighted by Crippen LogP contribution is 2.26. The second-order valence-electron chi connectivity index (χ2n) is 4.28. The molecule has 0 aromatic heterocycles. The number of thioether (sulfide) groups is 2. The molecule has 2 aromatic carbocycles. The number of rotatable bonds is 5. The molecule has 0 amide bonds. The molecule has 0 spiro atoms. The van der Waals surface area contributed by atoms with E-state index in [2.05, 4.69) is 62.4 Å². The van der Waals surface area contributed by atoms with Crippen LogP contribution in [0.15, 0.2) is 58.3 Å². The summed E-state index contributed by atoms with van der Waals surface area (Å²) in [5, 5.41) is 0. The number of benzene rings is 2. The van der Waals surface area contributed by atoms with E-state index in [0.717, 1.165) is 11.5 Å². The molecule has 0 saturated heterocycles. The molecule has 2 heteroatoms. The Kier molecular flexibility index (Phi) is 5.21. The van der Waals surface area contributed by atoms with Gasteiger partial charge >= 0.3 is 0 Å². The van der Waals surface area contributed by atoms with Gasteiger partial charge in [0, 0.05) is 21.3 Å². The zero-order valence-corrected chi connectivity index (χ0v) is 12.5. The first-order chi connectivity index (χ1) is 8.75. The summed E-state index contributed by atoms with van der Waals surface area (Å²) in [4.78, 5) is 2.78. The molecule has 0 N–H and O–H groups in total. The number of hydrogen-bond donors (Lipinski definition) is 0. The summed E-state index contributed by atoms with van der Waals surface area (Å²) < 4.78 is 0. The monoisotopic (exact) mass is 274 g/mol. The number of aryl methyl sites for hydroxylation is 2. The van der Waals surface area contributed by atoms with E-state index in [9.17, 15) is 0 Å². The first-order valence-corrected chi connectivity index (χ1v) is 8.11. The van der Waals surface area contributed by atoms with Gasteiger partial charge in [-0.15, -0.1) is 23.5 Å². The summed E-state index contributed by atoms with van der Waals surface area (Å²) >= 11 is 3.89. The predicted octanol–water partition coefficient (Wildman–Crippen LogP) is 5.19. The summed E-state index contributed by atoms with van der Waals surface area (Å²) in [5.74, 6) is 2.31. The van der Waals surface area contributed by atoms with Crippen molar-refractivity contribution in [2.24, 2.45) is 0 Å². The Hall–Kier alpha value is -0.860. The topological polar surface area (TPSA) is 0 Å². The van der Waals surface area contributed by atoms with Crippen molar-refractivity contribution in [3.05, 3.63) is 59.7 Å². The van der Waals surface area contributed by atoms with Crippen LogP contribution in [-0.2, 0) is 0 Å². The highest BCUT2D eigenvalue weighted by molar-refractivity contribution is 8.03. The molecule has 0 fully saturated rings. The minimum Gasteiger partial charge on any atom is -0.125 e. The van der Waals surface area contributed by atoms with E-state index in [1.807, 2.05) is 23.5 Å². The minimum atomic E-state index is 1.15. The highest BCUT2D eigenvalue weighted by Gasteiger charge is 2.00. The van der Waals surface area contributed by atoms with Crippen LogP contribution in [0.3, 0.4) is 0 Å². The van der Waals surface area contributed by atoms with Crippen LogP contribution in [0, 0.1) is 13.8 Å². The van der Waals surface area contributed by atoms with Gasteiger partial charge in [-0.3, -0.25) is 0 Å². The normalized spacial score (nSPS) is 10.6. The van der Waals surface area contributed by atoms with Crippen LogP contribution in [-0.4, -0.2) is 11.5 Å². The van der Waals surface area contributed by atoms with E-state index in [0.29, 0.717) is 0 Å². The first kappa shape index (κ1) is 13.6. The fourth-order valence-corrected chi connectivity index (χ4v) is 3.73. The summed E-state index contributed by atoms with van der Waals surface area (Å²) in [5.41, 5.74) is 2.73. The van der Waals surface area contributed by atoms with Gasteiger partial charge in [-0.05, 0) is 37.6 Å². The van der Waals surface area contributed by atoms with Gasteiger partial charge in [0.15, 0.2) is 0 Å². The maximum absolute atomic E-state index is 2.28. The SMILES string of the molecule is Cc1ccc(C)c(SCCSc2ccccc2)c1. The third-order valence-electron chi connectivity index (χ3n) is 2.70. The molecule has 2 aromatic rings. The van der Waals surface area contributed by atoms with Gasteiger partial charge in [-0.25, -0.2) is 0 Å². The Bertz CT molecular complexity index is 492. The zero-order valence-electron chi connectivity index (χ0n) is 10.8. The molecule has 0 unspecified atom stereocenters.